The molecule has 3 saturated heterocycles. The Hall–Kier alpha value is -5.26. The molecular formula is C47H56ClN9O7S. The second-order valence-electron chi connectivity index (χ2n) is 19.1. The third-order valence-electron chi connectivity index (χ3n) is 15.2. The average Bonchev–Trinajstić information content (AvgIpc) is 3.90. The lowest BCUT2D eigenvalue weighted by Gasteiger charge is -2.52. The van der Waals surface area contributed by atoms with E-state index in [-0.39, 0.29) is 46.5 Å². The number of likely N-dealkylation sites (tertiary alicyclic amines) is 1. The predicted octanol–water partition coefficient (Wildman–Crippen LogP) is 6.19. The van der Waals surface area contributed by atoms with Gasteiger partial charge in [-0.05, 0) is 131 Å². The standard InChI is InChI=1S/C47H56ClN9O7S/c1-28-22-32(8-9-35(28)50-45-49-26-30-23-34(48)44(60)56(42(30)52-45)31-6-4-5-7-31)65(62,63)33-24-47(25-33)16-20-54(21-17-47)27-29-14-18-55(19-15-29)41-38(64-3)12-10-36-40(41)53(2)46(61)57(36)37-11-13-39(58)51-43(37)59/h8-10,12,22-23,26,29,31,33,37H,4-7,11,13-21,24-25,27H2,1-3H3,(H,49,50,52)(H,51,58,59). The minimum Gasteiger partial charge on any atom is -0.494 e. The van der Waals surface area contributed by atoms with E-state index in [2.05, 4.69) is 25.4 Å². The van der Waals surface area contributed by atoms with E-state index in [1.54, 1.807) is 53.8 Å². The molecule has 1 spiro atoms. The highest BCUT2D eigenvalue weighted by Gasteiger charge is 2.51. The molecule has 1 atom stereocenters. The van der Waals surface area contributed by atoms with Gasteiger partial charge in [-0.2, -0.15) is 4.98 Å². The van der Waals surface area contributed by atoms with E-state index in [4.69, 9.17) is 21.3 Å². The Morgan fingerprint density at radius 2 is 1.68 bits per heavy atom. The molecule has 10 rings (SSSR count). The van der Waals surface area contributed by atoms with E-state index in [1.165, 1.54) is 4.57 Å². The number of ether oxygens (including phenoxy) is 1. The number of halogens is 1. The third kappa shape index (κ3) is 7.80. The molecular weight excluding hydrogens is 870 g/mol. The van der Waals surface area contributed by atoms with Crippen molar-refractivity contribution in [1.29, 1.82) is 0 Å². The van der Waals surface area contributed by atoms with Gasteiger partial charge in [-0.3, -0.25) is 33.4 Å². The molecule has 2 N–H and O–H groups in total. The van der Waals surface area contributed by atoms with Crippen LogP contribution in [0.5, 0.6) is 5.75 Å². The van der Waals surface area contributed by atoms with Gasteiger partial charge in [0.2, 0.25) is 17.8 Å². The van der Waals surface area contributed by atoms with Gasteiger partial charge in [0.05, 0.1) is 28.3 Å². The Labute approximate surface area is 382 Å². The number of hydrogen-bond donors (Lipinski definition) is 2. The maximum absolute atomic E-state index is 14.0. The lowest BCUT2D eigenvalue weighted by Crippen LogP contribution is -2.52. The summed E-state index contributed by atoms with van der Waals surface area (Å²) in [5.41, 5.74) is 3.72. The Kier molecular flexibility index (Phi) is 11.3. The van der Waals surface area contributed by atoms with Crippen LogP contribution in [0, 0.1) is 18.3 Å². The highest BCUT2D eigenvalue weighted by atomic mass is 35.5. The lowest BCUT2D eigenvalue weighted by atomic mass is 9.63. The first kappa shape index (κ1) is 43.6. The van der Waals surface area contributed by atoms with Gasteiger partial charge in [0.15, 0.2) is 9.84 Å². The van der Waals surface area contributed by atoms with Crippen molar-refractivity contribution in [1.82, 2.24) is 33.9 Å². The second kappa shape index (κ2) is 16.9. The fourth-order valence-corrected chi connectivity index (χ4v) is 13.8. The number of methoxy groups -OCH3 is 1. The highest BCUT2D eigenvalue weighted by molar-refractivity contribution is 7.92. The number of anilines is 3. The maximum Gasteiger partial charge on any atom is 0.329 e. The molecule has 16 nitrogen and oxygen atoms in total. The SMILES string of the molecule is COc1ccc2c(c1N1CCC(CN3CCC4(CC3)CC(S(=O)(=O)c3ccc(Nc5ncc6cc(Cl)c(=O)n(C7CCCC7)c6n5)c(C)c3)C4)CC1)n(C)c(=O)n2C1CCC(=O)NC1=O. The van der Waals surface area contributed by atoms with Crippen LogP contribution < -0.4 is 31.5 Å². The lowest BCUT2D eigenvalue weighted by molar-refractivity contribution is -0.135. The maximum atomic E-state index is 14.0. The molecule has 2 aliphatic carbocycles. The van der Waals surface area contributed by atoms with Gasteiger partial charge in [0.25, 0.3) is 5.56 Å². The number of nitrogens with zero attached hydrogens (tertiary/aromatic N) is 7. The van der Waals surface area contributed by atoms with E-state index in [0.29, 0.717) is 57.6 Å². The number of rotatable bonds is 10. The third-order valence-corrected chi connectivity index (χ3v) is 17.6. The van der Waals surface area contributed by atoms with Crippen molar-refractivity contribution in [2.24, 2.45) is 18.4 Å². The molecule has 5 aliphatic rings. The zero-order valence-corrected chi connectivity index (χ0v) is 38.7. The van der Waals surface area contributed by atoms with Crippen molar-refractivity contribution in [3.05, 3.63) is 74.0 Å². The number of imide groups is 1. The number of carbonyl (C=O) groups excluding carboxylic acids is 2. The summed E-state index contributed by atoms with van der Waals surface area (Å²) in [4.78, 5) is 65.9. The van der Waals surface area contributed by atoms with E-state index in [0.717, 1.165) is 101 Å². The second-order valence-corrected chi connectivity index (χ2v) is 21.8. The van der Waals surface area contributed by atoms with Gasteiger partial charge < -0.3 is 19.9 Å². The molecule has 6 heterocycles. The molecule has 2 amide bonds. The number of pyridine rings is 1. The molecule has 0 bridgehead atoms. The van der Waals surface area contributed by atoms with Crippen LogP contribution in [0.3, 0.4) is 0 Å². The largest absolute Gasteiger partial charge is 0.494 e. The van der Waals surface area contributed by atoms with Crippen LogP contribution in [0.4, 0.5) is 17.3 Å². The first-order valence-electron chi connectivity index (χ1n) is 23.0. The van der Waals surface area contributed by atoms with Crippen molar-refractivity contribution in [3.63, 3.8) is 0 Å². The zero-order chi connectivity index (χ0) is 45.4. The van der Waals surface area contributed by atoms with Crippen LogP contribution in [0.2, 0.25) is 5.02 Å². The smallest absolute Gasteiger partial charge is 0.329 e. The first-order valence-corrected chi connectivity index (χ1v) is 24.9. The molecule has 0 radical (unpaired) electrons. The average molecular weight is 927 g/mol. The van der Waals surface area contributed by atoms with Crippen molar-refractivity contribution in [3.8, 4) is 5.75 Å². The fraction of sp³-hybridized carbons (Fsp3) is 0.532. The van der Waals surface area contributed by atoms with Crippen LogP contribution in [-0.2, 0) is 26.5 Å². The van der Waals surface area contributed by atoms with Gasteiger partial charge in [-0.15, -0.1) is 0 Å². The predicted molar refractivity (Wildman–Crippen MR) is 249 cm³/mol. The summed E-state index contributed by atoms with van der Waals surface area (Å²) in [6, 6.07) is 9.78. The van der Waals surface area contributed by atoms with Crippen LogP contribution in [0.25, 0.3) is 22.1 Å². The van der Waals surface area contributed by atoms with Crippen LogP contribution in [0.15, 0.2) is 57.1 Å². The number of sulfone groups is 1. The van der Waals surface area contributed by atoms with Gasteiger partial charge in [0.1, 0.15) is 28.1 Å². The number of piperidine rings is 3. The molecule has 2 aromatic carbocycles. The Morgan fingerprint density at radius 1 is 0.938 bits per heavy atom. The zero-order valence-electron chi connectivity index (χ0n) is 37.1. The number of imidazole rings is 1. The van der Waals surface area contributed by atoms with Crippen molar-refractivity contribution >= 4 is 72.6 Å². The van der Waals surface area contributed by atoms with Crippen LogP contribution in [0.1, 0.15) is 94.7 Å². The number of benzene rings is 2. The number of aromatic nitrogens is 5. The number of carbonyl (C=O) groups is 2. The van der Waals surface area contributed by atoms with Gasteiger partial charge >= 0.3 is 5.69 Å². The summed E-state index contributed by atoms with van der Waals surface area (Å²) in [6.45, 7) is 6.37. The number of aryl methyl sites for hydroxylation is 2. The summed E-state index contributed by atoms with van der Waals surface area (Å²) >= 11 is 6.32. The van der Waals surface area contributed by atoms with Gasteiger partial charge in [-0.1, -0.05) is 24.4 Å². The van der Waals surface area contributed by atoms with E-state index >= 15 is 0 Å². The molecule has 5 aromatic rings. The first-order chi connectivity index (χ1) is 31.2. The number of nitrogens with one attached hydrogen (secondary N) is 2. The number of fused-ring (bicyclic) bond motifs is 2. The van der Waals surface area contributed by atoms with Gasteiger partial charge in [0, 0.05) is 56.4 Å². The molecule has 65 heavy (non-hydrogen) atoms. The Balaban J connectivity index is 0.743. The topological polar surface area (TPSA) is 183 Å². The minimum absolute atomic E-state index is 0.0445. The van der Waals surface area contributed by atoms with Crippen molar-refractivity contribution < 1.29 is 22.7 Å². The summed E-state index contributed by atoms with van der Waals surface area (Å²) < 4.78 is 38.6. The minimum atomic E-state index is -3.53. The molecule has 344 valence electrons. The highest BCUT2D eigenvalue weighted by Crippen LogP contribution is 2.53. The molecule has 3 aromatic heterocycles. The van der Waals surface area contributed by atoms with Crippen LogP contribution >= 0.6 is 11.6 Å². The summed E-state index contributed by atoms with van der Waals surface area (Å²) in [5.74, 6) is 0.720. The summed E-state index contributed by atoms with van der Waals surface area (Å²) in [5, 5.41) is 6.10. The quantitative estimate of drug-likeness (QED) is 0.152. The molecule has 18 heteroatoms. The van der Waals surface area contributed by atoms with Crippen LogP contribution in [-0.4, -0.2) is 93.9 Å². The molecule has 2 saturated carbocycles. The molecule has 3 aliphatic heterocycles. The summed E-state index contributed by atoms with van der Waals surface area (Å²) in [6.07, 6.45) is 11.3. The van der Waals surface area contributed by atoms with E-state index < -0.39 is 27.0 Å². The Bertz CT molecular complexity index is 2950. The van der Waals surface area contributed by atoms with Gasteiger partial charge in [-0.25, -0.2) is 18.2 Å². The molecule has 1 unspecified atom stereocenters. The number of amides is 2. The number of hydrogen-bond acceptors (Lipinski definition) is 12. The Morgan fingerprint density at radius 3 is 2.37 bits per heavy atom. The molecule has 5 fully saturated rings. The van der Waals surface area contributed by atoms with E-state index in [1.807, 2.05) is 19.1 Å². The van der Waals surface area contributed by atoms with E-state index in [9.17, 15) is 27.6 Å². The van der Waals surface area contributed by atoms with Crippen molar-refractivity contribution in [2.75, 3.05) is 50.1 Å². The fourth-order valence-electron chi connectivity index (χ4n) is 11.5. The normalized spacial score (nSPS) is 21.4. The van der Waals surface area contributed by atoms with Crippen molar-refractivity contribution in [2.45, 2.75) is 106 Å². The summed E-state index contributed by atoms with van der Waals surface area (Å²) in [7, 11) is -0.174. The monoisotopic (exact) mass is 925 g/mol.